The number of hydrogen-bond donors (Lipinski definition) is 1. The normalized spacial score (nSPS) is 21.1. The topological polar surface area (TPSA) is 15.3 Å². The molecular weight excluding hydrogens is 258 g/mol. The van der Waals surface area contributed by atoms with Gasteiger partial charge in [0.25, 0.3) is 0 Å². The Morgan fingerprint density at radius 2 is 2.15 bits per heavy atom. The van der Waals surface area contributed by atoms with Crippen molar-refractivity contribution in [2.24, 2.45) is 5.92 Å². The number of halogens is 2. The second kappa shape index (κ2) is 7.14. The minimum Gasteiger partial charge on any atom is -0.313 e. The van der Waals surface area contributed by atoms with E-state index in [-0.39, 0.29) is 0 Å². The van der Waals surface area contributed by atoms with Crippen LogP contribution in [-0.2, 0) is 6.54 Å². The van der Waals surface area contributed by atoms with Gasteiger partial charge < -0.3 is 5.32 Å². The van der Waals surface area contributed by atoms with Gasteiger partial charge in [0.2, 0.25) is 0 Å². The van der Waals surface area contributed by atoms with Gasteiger partial charge in [-0.2, -0.15) is 0 Å². The van der Waals surface area contributed by atoms with Crippen LogP contribution in [0.25, 0.3) is 0 Å². The van der Waals surface area contributed by atoms with Crippen molar-refractivity contribution < 1.29 is 8.78 Å². The minimum absolute atomic E-state index is 0.439. The molecule has 1 unspecified atom stereocenters. The molecule has 0 spiro atoms. The molecule has 1 aliphatic rings. The van der Waals surface area contributed by atoms with Gasteiger partial charge in [0.15, 0.2) is 11.6 Å². The van der Waals surface area contributed by atoms with Crippen molar-refractivity contribution in [3.05, 3.63) is 35.4 Å². The summed E-state index contributed by atoms with van der Waals surface area (Å²) in [5, 5.41) is 3.55. The molecule has 2 nitrogen and oxygen atoms in total. The second-order valence-electron chi connectivity index (χ2n) is 6.08. The number of rotatable bonds is 4. The average molecular weight is 282 g/mol. The predicted molar refractivity (Wildman–Crippen MR) is 77.5 cm³/mol. The Hall–Kier alpha value is -1.00. The molecule has 2 rings (SSSR count). The van der Waals surface area contributed by atoms with Gasteiger partial charge in [0.1, 0.15) is 0 Å². The Morgan fingerprint density at radius 3 is 2.90 bits per heavy atom. The molecule has 0 bridgehead atoms. The Labute approximate surface area is 120 Å². The lowest BCUT2D eigenvalue weighted by atomic mass is 10.0. The van der Waals surface area contributed by atoms with Gasteiger partial charge in [-0.05, 0) is 37.9 Å². The van der Waals surface area contributed by atoms with Crippen LogP contribution in [0, 0.1) is 17.6 Å². The van der Waals surface area contributed by atoms with Crippen LogP contribution in [0.1, 0.15) is 32.3 Å². The molecule has 1 atom stereocenters. The maximum atomic E-state index is 13.7. The van der Waals surface area contributed by atoms with Crippen LogP contribution in [0.4, 0.5) is 8.78 Å². The van der Waals surface area contributed by atoms with Crippen molar-refractivity contribution in [2.45, 2.75) is 39.3 Å². The highest BCUT2D eigenvalue weighted by molar-refractivity contribution is 5.18. The van der Waals surface area contributed by atoms with E-state index in [1.165, 1.54) is 6.07 Å². The summed E-state index contributed by atoms with van der Waals surface area (Å²) < 4.78 is 27.0. The maximum absolute atomic E-state index is 13.7. The summed E-state index contributed by atoms with van der Waals surface area (Å²) in [7, 11) is 0. The number of nitrogens with one attached hydrogen (secondary N) is 1. The molecular formula is C16H24F2N2. The average Bonchev–Trinajstić information content (AvgIpc) is 2.59. The van der Waals surface area contributed by atoms with E-state index in [9.17, 15) is 8.78 Å². The summed E-state index contributed by atoms with van der Waals surface area (Å²) in [6.45, 7) is 7.73. The summed E-state index contributed by atoms with van der Waals surface area (Å²) in [4.78, 5) is 2.23. The van der Waals surface area contributed by atoms with Crippen molar-refractivity contribution in [3.8, 4) is 0 Å². The first-order chi connectivity index (χ1) is 9.56. The van der Waals surface area contributed by atoms with Crippen LogP contribution < -0.4 is 5.32 Å². The SMILES string of the molecule is CC(C)CC1CN(Cc2cccc(F)c2F)CCCN1. The van der Waals surface area contributed by atoms with Crippen molar-refractivity contribution >= 4 is 0 Å². The van der Waals surface area contributed by atoms with Crippen LogP contribution in [-0.4, -0.2) is 30.6 Å². The smallest absolute Gasteiger partial charge is 0.163 e. The van der Waals surface area contributed by atoms with E-state index in [1.54, 1.807) is 12.1 Å². The fourth-order valence-corrected chi connectivity index (χ4v) is 2.86. The maximum Gasteiger partial charge on any atom is 0.163 e. The Kier molecular flexibility index (Phi) is 5.49. The van der Waals surface area contributed by atoms with E-state index in [0.29, 0.717) is 24.1 Å². The van der Waals surface area contributed by atoms with Crippen molar-refractivity contribution in [1.82, 2.24) is 10.2 Å². The molecule has 1 heterocycles. The van der Waals surface area contributed by atoms with Crippen LogP contribution >= 0.6 is 0 Å². The first kappa shape index (κ1) is 15.4. The Morgan fingerprint density at radius 1 is 1.35 bits per heavy atom. The molecule has 0 radical (unpaired) electrons. The van der Waals surface area contributed by atoms with Gasteiger partial charge in [-0.3, -0.25) is 4.90 Å². The van der Waals surface area contributed by atoms with Crippen LogP contribution in [0.15, 0.2) is 18.2 Å². The van der Waals surface area contributed by atoms with Gasteiger partial charge in [-0.25, -0.2) is 8.78 Å². The van der Waals surface area contributed by atoms with Gasteiger partial charge in [-0.1, -0.05) is 26.0 Å². The van der Waals surface area contributed by atoms with Crippen LogP contribution in [0.3, 0.4) is 0 Å². The minimum atomic E-state index is -0.755. The highest BCUT2D eigenvalue weighted by Crippen LogP contribution is 2.16. The van der Waals surface area contributed by atoms with E-state index in [1.807, 2.05) is 0 Å². The Bertz CT molecular complexity index is 434. The largest absolute Gasteiger partial charge is 0.313 e. The molecule has 0 aromatic heterocycles. The van der Waals surface area contributed by atoms with E-state index in [0.717, 1.165) is 32.5 Å². The van der Waals surface area contributed by atoms with E-state index < -0.39 is 11.6 Å². The molecule has 0 saturated carbocycles. The van der Waals surface area contributed by atoms with Crippen LogP contribution in [0.2, 0.25) is 0 Å². The lowest BCUT2D eigenvalue weighted by Gasteiger charge is -2.25. The molecule has 0 aliphatic carbocycles. The highest BCUT2D eigenvalue weighted by atomic mass is 19.2. The van der Waals surface area contributed by atoms with Gasteiger partial charge in [-0.15, -0.1) is 0 Å². The molecule has 1 aliphatic heterocycles. The molecule has 1 fully saturated rings. The standard InChI is InChI=1S/C16H24F2N2/c1-12(2)9-14-11-20(8-4-7-19-14)10-13-5-3-6-15(17)16(13)18/h3,5-6,12,14,19H,4,7-11H2,1-2H3. The highest BCUT2D eigenvalue weighted by Gasteiger charge is 2.20. The first-order valence-electron chi connectivity index (χ1n) is 7.45. The lowest BCUT2D eigenvalue weighted by Crippen LogP contribution is -2.38. The van der Waals surface area contributed by atoms with Crippen molar-refractivity contribution in [2.75, 3.05) is 19.6 Å². The molecule has 112 valence electrons. The van der Waals surface area contributed by atoms with Gasteiger partial charge >= 0.3 is 0 Å². The van der Waals surface area contributed by atoms with Gasteiger partial charge in [0, 0.05) is 24.7 Å². The first-order valence-corrected chi connectivity index (χ1v) is 7.45. The third-order valence-electron chi connectivity index (χ3n) is 3.74. The predicted octanol–water partition coefficient (Wildman–Crippen LogP) is 3.17. The molecule has 1 saturated heterocycles. The summed E-state index contributed by atoms with van der Waals surface area (Å²) in [5.41, 5.74) is 0.454. The Balaban J connectivity index is 2.01. The molecule has 20 heavy (non-hydrogen) atoms. The molecule has 1 aromatic rings. The van der Waals surface area contributed by atoms with E-state index in [2.05, 4.69) is 24.1 Å². The second-order valence-corrected chi connectivity index (χ2v) is 6.08. The zero-order chi connectivity index (χ0) is 14.5. The molecule has 0 amide bonds. The quantitative estimate of drug-likeness (QED) is 0.912. The zero-order valence-electron chi connectivity index (χ0n) is 12.3. The number of hydrogen-bond acceptors (Lipinski definition) is 2. The summed E-state index contributed by atoms with van der Waals surface area (Å²) in [5.74, 6) is -0.822. The molecule has 1 N–H and O–H groups in total. The summed E-state index contributed by atoms with van der Waals surface area (Å²) in [6, 6.07) is 4.86. The fraction of sp³-hybridized carbons (Fsp3) is 0.625. The summed E-state index contributed by atoms with van der Waals surface area (Å²) >= 11 is 0. The van der Waals surface area contributed by atoms with Crippen molar-refractivity contribution in [3.63, 3.8) is 0 Å². The van der Waals surface area contributed by atoms with Crippen LogP contribution in [0.5, 0.6) is 0 Å². The number of nitrogens with zero attached hydrogens (tertiary/aromatic N) is 1. The molecule has 1 aromatic carbocycles. The van der Waals surface area contributed by atoms with Gasteiger partial charge in [0.05, 0.1) is 0 Å². The zero-order valence-corrected chi connectivity index (χ0v) is 12.3. The monoisotopic (exact) mass is 282 g/mol. The fourth-order valence-electron chi connectivity index (χ4n) is 2.86. The third kappa shape index (κ3) is 4.25. The van der Waals surface area contributed by atoms with Crippen molar-refractivity contribution in [1.29, 1.82) is 0 Å². The van der Waals surface area contributed by atoms with E-state index in [4.69, 9.17) is 0 Å². The third-order valence-corrected chi connectivity index (χ3v) is 3.74. The number of benzene rings is 1. The lowest BCUT2D eigenvalue weighted by molar-refractivity contribution is 0.244. The summed E-state index contributed by atoms with van der Waals surface area (Å²) in [6.07, 6.45) is 2.16. The molecule has 4 heteroatoms. The van der Waals surface area contributed by atoms with E-state index >= 15 is 0 Å².